The number of nitrogens with one attached hydrogen (secondary N) is 1. The number of aromatic nitrogens is 1. The molecular formula is C25H21F2NO2. The fourth-order valence-electron chi connectivity index (χ4n) is 3.88. The van der Waals surface area contributed by atoms with Gasteiger partial charge in [-0.25, -0.2) is 8.78 Å². The van der Waals surface area contributed by atoms with Gasteiger partial charge in [0.05, 0.1) is 6.42 Å². The lowest BCUT2D eigenvalue weighted by atomic mass is 9.94. The number of halogens is 2. The minimum absolute atomic E-state index is 0.00267. The lowest BCUT2D eigenvalue weighted by Gasteiger charge is -2.16. The molecule has 0 spiro atoms. The highest BCUT2D eigenvalue weighted by Crippen LogP contribution is 2.35. The number of hydrogen-bond acceptors (Lipinski definition) is 1. The van der Waals surface area contributed by atoms with Crippen LogP contribution in [0.25, 0.3) is 22.0 Å². The fraction of sp³-hybridized carbons (Fsp3) is 0.160. The first-order valence-electron chi connectivity index (χ1n) is 9.70. The Balaban J connectivity index is 1.67. The smallest absolute Gasteiger partial charge is 0.307 e. The van der Waals surface area contributed by atoms with Crippen LogP contribution in [-0.2, 0) is 23.6 Å². The molecule has 2 N–H and O–H groups in total. The van der Waals surface area contributed by atoms with Crippen molar-refractivity contribution in [3.63, 3.8) is 0 Å². The van der Waals surface area contributed by atoms with Gasteiger partial charge in [-0.05, 0) is 28.3 Å². The molecule has 0 saturated heterocycles. The summed E-state index contributed by atoms with van der Waals surface area (Å²) in [6.45, 7) is 0.903. The number of aliphatic carboxylic acids is 1. The molecule has 0 bridgehead atoms. The average molecular weight is 405 g/mol. The zero-order valence-corrected chi connectivity index (χ0v) is 16.5. The number of hydrogen-bond donors (Lipinski definition) is 2. The minimum atomic E-state index is -2.93. The summed E-state index contributed by atoms with van der Waals surface area (Å²) in [6, 6.07) is 21.6. The summed E-state index contributed by atoms with van der Waals surface area (Å²) in [4.78, 5) is 14.7. The SMILES string of the molecule is CC(F)(F)c1ccccc1-c1ccc(Cc2[nH]c3ccccc3c2CC(=O)O)cc1. The number of carbonyl (C=O) groups is 1. The molecule has 0 aliphatic rings. The predicted octanol–water partition coefficient (Wildman–Crippen LogP) is 6.16. The number of alkyl halides is 2. The largest absolute Gasteiger partial charge is 0.481 e. The summed E-state index contributed by atoms with van der Waals surface area (Å²) >= 11 is 0. The summed E-state index contributed by atoms with van der Waals surface area (Å²) in [5, 5.41) is 10.2. The third kappa shape index (κ3) is 3.96. The van der Waals surface area contributed by atoms with E-state index in [1.54, 1.807) is 18.2 Å². The van der Waals surface area contributed by atoms with Crippen molar-refractivity contribution in [2.75, 3.05) is 0 Å². The third-order valence-corrected chi connectivity index (χ3v) is 5.28. The number of carboxylic acids is 1. The molecule has 0 aliphatic heterocycles. The summed E-state index contributed by atoms with van der Waals surface area (Å²) in [5.74, 6) is -3.81. The number of carboxylic acid groups (broad SMARTS) is 1. The maximum absolute atomic E-state index is 14.0. The minimum Gasteiger partial charge on any atom is -0.481 e. The quantitative estimate of drug-likeness (QED) is 0.403. The Morgan fingerprint density at radius 3 is 2.33 bits per heavy atom. The first kappa shape index (κ1) is 19.8. The van der Waals surface area contributed by atoms with Crippen LogP contribution in [0.3, 0.4) is 0 Å². The van der Waals surface area contributed by atoms with E-state index in [2.05, 4.69) is 4.98 Å². The van der Waals surface area contributed by atoms with Gasteiger partial charge in [-0.1, -0.05) is 66.7 Å². The van der Waals surface area contributed by atoms with E-state index >= 15 is 0 Å². The van der Waals surface area contributed by atoms with Crippen LogP contribution in [0.1, 0.15) is 29.3 Å². The predicted molar refractivity (Wildman–Crippen MR) is 114 cm³/mol. The zero-order chi connectivity index (χ0) is 21.3. The van der Waals surface area contributed by atoms with Gasteiger partial charge >= 0.3 is 5.97 Å². The molecule has 3 aromatic carbocycles. The molecule has 1 heterocycles. The normalized spacial score (nSPS) is 11.7. The number of H-pyrrole nitrogens is 1. The molecule has 3 nitrogen and oxygen atoms in total. The zero-order valence-electron chi connectivity index (χ0n) is 16.5. The summed E-state index contributed by atoms with van der Waals surface area (Å²) in [5.41, 5.74) is 4.73. The van der Waals surface area contributed by atoms with E-state index < -0.39 is 11.9 Å². The molecule has 0 saturated carbocycles. The topological polar surface area (TPSA) is 53.1 Å². The lowest BCUT2D eigenvalue weighted by molar-refractivity contribution is -0.136. The molecule has 0 aliphatic carbocycles. The van der Waals surface area contributed by atoms with Crippen LogP contribution in [-0.4, -0.2) is 16.1 Å². The van der Waals surface area contributed by atoms with Crippen molar-refractivity contribution in [1.82, 2.24) is 4.98 Å². The van der Waals surface area contributed by atoms with Gasteiger partial charge in [0.2, 0.25) is 0 Å². The highest BCUT2D eigenvalue weighted by Gasteiger charge is 2.27. The van der Waals surface area contributed by atoms with Gasteiger partial charge in [0, 0.05) is 35.5 Å². The van der Waals surface area contributed by atoms with Crippen molar-refractivity contribution in [2.45, 2.75) is 25.7 Å². The highest BCUT2D eigenvalue weighted by atomic mass is 19.3. The number of benzene rings is 3. The summed E-state index contributed by atoms with van der Waals surface area (Å²) < 4.78 is 27.9. The van der Waals surface area contributed by atoms with Crippen molar-refractivity contribution in [3.8, 4) is 11.1 Å². The highest BCUT2D eigenvalue weighted by molar-refractivity contribution is 5.88. The molecule has 1 aromatic heterocycles. The summed E-state index contributed by atoms with van der Waals surface area (Å²) in [7, 11) is 0. The average Bonchev–Trinajstić information content (AvgIpc) is 3.04. The molecule has 0 atom stereocenters. The van der Waals surface area contributed by atoms with Crippen molar-refractivity contribution in [2.24, 2.45) is 0 Å². The van der Waals surface area contributed by atoms with Crippen LogP contribution in [0.15, 0.2) is 72.8 Å². The Labute approximate surface area is 173 Å². The van der Waals surface area contributed by atoms with Crippen molar-refractivity contribution in [3.05, 3.63) is 95.2 Å². The van der Waals surface area contributed by atoms with Gasteiger partial charge in [0.15, 0.2) is 0 Å². The van der Waals surface area contributed by atoms with Crippen LogP contribution in [0.2, 0.25) is 0 Å². The standard InChI is InChI=1S/C25H21F2NO2/c1-25(26,27)21-8-4-2-6-18(21)17-12-10-16(11-13-17)14-23-20(15-24(29)30)19-7-3-5-9-22(19)28-23/h2-13,28H,14-15H2,1H3,(H,29,30). The fourth-order valence-corrected chi connectivity index (χ4v) is 3.88. The van der Waals surface area contributed by atoms with E-state index in [1.807, 2.05) is 48.5 Å². The maximum Gasteiger partial charge on any atom is 0.307 e. The number of fused-ring (bicyclic) bond motifs is 1. The molecule has 4 aromatic rings. The molecule has 0 radical (unpaired) electrons. The Morgan fingerprint density at radius 2 is 1.63 bits per heavy atom. The Morgan fingerprint density at radius 1 is 0.967 bits per heavy atom. The van der Waals surface area contributed by atoms with E-state index in [-0.39, 0.29) is 12.0 Å². The second-order valence-corrected chi connectivity index (χ2v) is 7.51. The van der Waals surface area contributed by atoms with Crippen LogP contribution in [0.5, 0.6) is 0 Å². The van der Waals surface area contributed by atoms with E-state index in [1.165, 1.54) is 6.07 Å². The number of rotatable bonds is 6. The third-order valence-electron chi connectivity index (χ3n) is 5.28. The molecule has 5 heteroatoms. The van der Waals surface area contributed by atoms with E-state index in [0.29, 0.717) is 12.0 Å². The van der Waals surface area contributed by atoms with Crippen LogP contribution in [0.4, 0.5) is 8.78 Å². The van der Waals surface area contributed by atoms with Gasteiger partial charge in [-0.2, -0.15) is 0 Å². The van der Waals surface area contributed by atoms with Crippen molar-refractivity contribution < 1.29 is 18.7 Å². The van der Waals surface area contributed by atoms with Crippen molar-refractivity contribution >= 4 is 16.9 Å². The summed E-state index contributed by atoms with van der Waals surface area (Å²) in [6.07, 6.45) is 0.472. The number of aromatic amines is 1. The van der Waals surface area contributed by atoms with Crippen molar-refractivity contribution in [1.29, 1.82) is 0 Å². The number of para-hydroxylation sites is 1. The van der Waals surface area contributed by atoms with Gasteiger partial charge in [0.1, 0.15) is 0 Å². The van der Waals surface area contributed by atoms with Gasteiger partial charge in [0.25, 0.3) is 5.92 Å². The van der Waals surface area contributed by atoms with E-state index in [0.717, 1.165) is 40.2 Å². The molecular weight excluding hydrogens is 384 g/mol. The first-order chi connectivity index (χ1) is 14.3. The molecule has 0 fully saturated rings. The monoisotopic (exact) mass is 405 g/mol. The Hall–Kier alpha value is -3.47. The maximum atomic E-state index is 14.0. The Bertz CT molecular complexity index is 1200. The van der Waals surface area contributed by atoms with Gasteiger partial charge < -0.3 is 10.1 Å². The van der Waals surface area contributed by atoms with Crippen LogP contribution >= 0.6 is 0 Å². The van der Waals surface area contributed by atoms with Crippen LogP contribution < -0.4 is 0 Å². The second-order valence-electron chi connectivity index (χ2n) is 7.51. The van der Waals surface area contributed by atoms with E-state index in [4.69, 9.17) is 0 Å². The second kappa shape index (κ2) is 7.75. The Kier molecular flexibility index (Phi) is 5.12. The van der Waals surface area contributed by atoms with Gasteiger partial charge in [-0.15, -0.1) is 0 Å². The van der Waals surface area contributed by atoms with Gasteiger partial charge in [-0.3, -0.25) is 4.79 Å². The molecule has 30 heavy (non-hydrogen) atoms. The first-order valence-corrected chi connectivity index (χ1v) is 9.70. The van der Waals surface area contributed by atoms with E-state index in [9.17, 15) is 18.7 Å². The molecule has 0 unspecified atom stereocenters. The lowest BCUT2D eigenvalue weighted by Crippen LogP contribution is -2.08. The molecule has 4 rings (SSSR count). The molecule has 152 valence electrons. The van der Waals surface area contributed by atoms with Crippen LogP contribution in [0, 0.1) is 0 Å². The molecule has 0 amide bonds.